The molecule has 3 aromatic carbocycles. The lowest BCUT2D eigenvalue weighted by Crippen LogP contribution is -1.81. The number of H-pyrrole nitrogens is 1. The van der Waals surface area contributed by atoms with E-state index in [0.29, 0.717) is 0 Å². The summed E-state index contributed by atoms with van der Waals surface area (Å²) in [6.07, 6.45) is 0. The summed E-state index contributed by atoms with van der Waals surface area (Å²) in [6, 6.07) is 20.6. The molecule has 0 unspecified atom stereocenters. The van der Waals surface area contributed by atoms with Crippen molar-refractivity contribution in [2.45, 2.75) is 10.9 Å². The molecule has 0 bridgehead atoms. The second-order valence-electron chi connectivity index (χ2n) is 5.17. The molecule has 0 aliphatic rings. The molecule has 1 heterocycles. The van der Waals surface area contributed by atoms with Crippen molar-refractivity contribution in [1.29, 1.82) is 0 Å². The number of rotatable bonds is 3. The van der Waals surface area contributed by atoms with Gasteiger partial charge in [0.25, 0.3) is 0 Å². The van der Waals surface area contributed by atoms with Crippen LogP contribution >= 0.6 is 23.4 Å². The Hall–Kier alpha value is -1.97. The minimum atomic E-state index is 0.768. The Kier molecular flexibility index (Phi) is 3.53. The van der Waals surface area contributed by atoms with E-state index >= 15 is 0 Å². The Labute approximate surface area is 137 Å². The normalized spacial score (nSPS) is 11.3. The van der Waals surface area contributed by atoms with Gasteiger partial charge in [0.1, 0.15) is 0 Å². The van der Waals surface area contributed by atoms with Crippen molar-refractivity contribution in [3.63, 3.8) is 0 Å². The van der Waals surface area contributed by atoms with E-state index < -0.39 is 0 Å². The molecule has 4 aromatic rings. The van der Waals surface area contributed by atoms with Crippen molar-refractivity contribution in [2.24, 2.45) is 0 Å². The van der Waals surface area contributed by atoms with Crippen molar-refractivity contribution in [3.05, 3.63) is 71.2 Å². The van der Waals surface area contributed by atoms with Crippen LogP contribution in [0.5, 0.6) is 0 Å². The van der Waals surface area contributed by atoms with Gasteiger partial charge in [-0.3, -0.25) is 0 Å². The first-order valence-corrected chi connectivity index (χ1v) is 8.40. The first-order chi connectivity index (χ1) is 10.8. The number of halogens is 1. The van der Waals surface area contributed by atoms with Gasteiger partial charge in [0.2, 0.25) is 0 Å². The average Bonchev–Trinajstić information content (AvgIpc) is 2.93. The number of fused-ring (bicyclic) bond motifs is 2. The van der Waals surface area contributed by atoms with Crippen LogP contribution in [0.4, 0.5) is 0 Å². The highest BCUT2D eigenvalue weighted by Gasteiger charge is 2.05. The second kappa shape index (κ2) is 5.67. The fourth-order valence-corrected chi connectivity index (χ4v) is 3.44. The van der Waals surface area contributed by atoms with Crippen LogP contribution in [0.1, 0.15) is 5.56 Å². The van der Waals surface area contributed by atoms with Crippen molar-refractivity contribution in [1.82, 2.24) is 9.97 Å². The van der Waals surface area contributed by atoms with E-state index in [1.165, 1.54) is 16.3 Å². The Morgan fingerprint density at radius 3 is 2.45 bits per heavy atom. The molecule has 0 radical (unpaired) electrons. The number of benzene rings is 3. The molecule has 0 aliphatic carbocycles. The SMILES string of the molecule is Clc1ccc(CSc2nc3cc4ccccc4cc3[nH]2)cc1. The number of nitrogens with one attached hydrogen (secondary N) is 1. The molecule has 0 aliphatic heterocycles. The van der Waals surface area contributed by atoms with Crippen LogP contribution in [-0.2, 0) is 5.75 Å². The Morgan fingerprint density at radius 2 is 1.68 bits per heavy atom. The summed E-state index contributed by atoms with van der Waals surface area (Å²) < 4.78 is 0. The van der Waals surface area contributed by atoms with E-state index in [2.05, 4.69) is 46.4 Å². The maximum absolute atomic E-state index is 5.91. The van der Waals surface area contributed by atoms with Crippen molar-refractivity contribution < 1.29 is 0 Å². The Balaban J connectivity index is 1.61. The number of aromatic nitrogens is 2. The molecule has 0 fully saturated rings. The maximum Gasteiger partial charge on any atom is 0.166 e. The summed E-state index contributed by atoms with van der Waals surface area (Å²) in [7, 11) is 0. The lowest BCUT2D eigenvalue weighted by atomic mass is 10.1. The van der Waals surface area contributed by atoms with E-state index in [0.717, 1.165) is 27.0 Å². The largest absolute Gasteiger partial charge is 0.333 e. The molecule has 1 N–H and O–H groups in total. The Morgan fingerprint density at radius 1 is 0.955 bits per heavy atom. The molecule has 0 spiro atoms. The zero-order valence-electron chi connectivity index (χ0n) is 11.7. The van der Waals surface area contributed by atoms with Gasteiger partial charge in [0.15, 0.2) is 5.16 Å². The molecule has 0 atom stereocenters. The summed E-state index contributed by atoms with van der Waals surface area (Å²) in [5.41, 5.74) is 3.33. The van der Waals surface area contributed by atoms with Gasteiger partial charge in [-0.1, -0.05) is 59.8 Å². The van der Waals surface area contributed by atoms with Crippen LogP contribution in [0, 0.1) is 0 Å². The maximum atomic E-state index is 5.91. The van der Waals surface area contributed by atoms with E-state index in [-0.39, 0.29) is 0 Å². The highest BCUT2D eigenvalue weighted by Crippen LogP contribution is 2.26. The van der Waals surface area contributed by atoms with Gasteiger partial charge in [0, 0.05) is 10.8 Å². The molecule has 1 aromatic heterocycles. The van der Waals surface area contributed by atoms with Gasteiger partial charge in [0.05, 0.1) is 11.0 Å². The number of imidazole rings is 1. The molecule has 0 saturated carbocycles. The minimum Gasteiger partial charge on any atom is -0.333 e. The van der Waals surface area contributed by atoms with Gasteiger partial charge in [-0.25, -0.2) is 4.98 Å². The first kappa shape index (κ1) is 13.7. The number of aromatic amines is 1. The smallest absolute Gasteiger partial charge is 0.166 e. The highest BCUT2D eigenvalue weighted by molar-refractivity contribution is 7.98. The highest BCUT2D eigenvalue weighted by atomic mass is 35.5. The zero-order valence-corrected chi connectivity index (χ0v) is 13.3. The van der Waals surface area contributed by atoms with E-state index in [1.54, 1.807) is 11.8 Å². The van der Waals surface area contributed by atoms with E-state index in [4.69, 9.17) is 11.6 Å². The minimum absolute atomic E-state index is 0.768. The average molecular weight is 325 g/mol. The summed E-state index contributed by atoms with van der Waals surface area (Å²) in [6.45, 7) is 0. The number of hydrogen-bond donors (Lipinski definition) is 1. The first-order valence-electron chi connectivity index (χ1n) is 7.04. The topological polar surface area (TPSA) is 28.7 Å². The van der Waals surface area contributed by atoms with Crippen molar-refractivity contribution in [3.8, 4) is 0 Å². The molecule has 4 heteroatoms. The molecule has 0 amide bonds. The van der Waals surface area contributed by atoms with E-state index in [1.807, 2.05) is 24.3 Å². The van der Waals surface area contributed by atoms with E-state index in [9.17, 15) is 0 Å². The van der Waals surface area contributed by atoms with Crippen molar-refractivity contribution >= 4 is 45.2 Å². The van der Waals surface area contributed by atoms with Crippen LogP contribution in [0.25, 0.3) is 21.8 Å². The van der Waals surface area contributed by atoms with Crippen LogP contribution in [0.15, 0.2) is 65.8 Å². The fraction of sp³-hybridized carbons (Fsp3) is 0.0556. The lowest BCUT2D eigenvalue weighted by molar-refractivity contribution is 1.08. The number of thioether (sulfide) groups is 1. The molecular formula is C18H13ClN2S. The fourth-order valence-electron chi connectivity index (χ4n) is 2.47. The molecule has 22 heavy (non-hydrogen) atoms. The van der Waals surface area contributed by atoms with Crippen LogP contribution in [0.2, 0.25) is 5.02 Å². The standard InChI is InChI=1S/C18H13ClN2S/c19-15-7-5-12(6-8-15)11-22-18-20-16-9-13-3-1-2-4-14(13)10-17(16)21-18/h1-10H,11H2,(H,20,21). The predicted octanol–water partition coefficient (Wildman–Crippen LogP) is 5.66. The van der Waals surface area contributed by atoms with Crippen LogP contribution < -0.4 is 0 Å². The molecule has 2 nitrogen and oxygen atoms in total. The second-order valence-corrected chi connectivity index (χ2v) is 6.57. The van der Waals surface area contributed by atoms with Crippen molar-refractivity contribution in [2.75, 3.05) is 0 Å². The number of nitrogens with zero attached hydrogens (tertiary/aromatic N) is 1. The molecule has 0 saturated heterocycles. The van der Waals surface area contributed by atoms with Gasteiger partial charge in [-0.05, 0) is 40.6 Å². The zero-order chi connectivity index (χ0) is 14.9. The number of hydrogen-bond acceptors (Lipinski definition) is 2. The monoisotopic (exact) mass is 324 g/mol. The Bertz CT molecular complexity index is 892. The third-order valence-electron chi connectivity index (χ3n) is 3.62. The molecular weight excluding hydrogens is 312 g/mol. The van der Waals surface area contributed by atoms with Crippen LogP contribution in [-0.4, -0.2) is 9.97 Å². The summed E-state index contributed by atoms with van der Waals surface area (Å²) in [5.74, 6) is 0.872. The molecule has 4 rings (SSSR count). The van der Waals surface area contributed by atoms with Gasteiger partial charge in [-0.2, -0.15) is 0 Å². The van der Waals surface area contributed by atoms with Gasteiger partial charge >= 0.3 is 0 Å². The summed E-state index contributed by atoms with van der Waals surface area (Å²) in [4.78, 5) is 8.07. The molecule has 108 valence electrons. The van der Waals surface area contributed by atoms with Gasteiger partial charge in [-0.15, -0.1) is 0 Å². The summed E-state index contributed by atoms with van der Waals surface area (Å²) in [5, 5.41) is 4.16. The third kappa shape index (κ3) is 2.70. The summed E-state index contributed by atoms with van der Waals surface area (Å²) >= 11 is 7.61. The predicted molar refractivity (Wildman–Crippen MR) is 94.6 cm³/mol. The van der Waals surface area contributed by atoms with Gasteiger partial charge < -0.3 is 4.98 Å². The third-order valence-corrected chi connectivity index (χ3v) is 4.81. The quantitative estimate of drug-likeness (QED) is 0.492. The lowest BCUT2D eigenvalue weighted by Gasteiger charge is -1.98. The van der Waals surface area contributed by atoms with Crippen LogP contribution in [0.3, 0.4) is 0 Å².